The maximum atomic E-state index is 12.1. The minimum Gasteiger partial charge on any atom is -0.336 e. The van der Waals surface area contributed by atoms with Crippen molar-refractivity contribution in [3.63, 3.8) is 0 Å². The predicted octanol–water partition coefficient (Wildman–Crippen LogP) is 1.70. The van der Waals surface area contributed by atoms with Crippen LogP contribution < -0.4 is 0 Å². The van der Waals surface area contributed by atoms with Crippen molar-refractivity contribution < 1.29 is 4.79 Å². The van der Waals surface area contributed by atoms with Crippen LogP contribution in [0.3, 0.4) is 0 Å². The van der Waals surface area contributed by atoms with Crippen molar-refractivity contribution >= 4 is 17.2 Å². The van der Waals surface area contributed by atoms with Crippen molar-refractivity contribution in [2.45, 2.75) is 26.3 Å². The normalized spacial score (nSPS) is 20.2. The van der Waals surface area contributed by atoms with Gasteiger partial charge in [0.1, 0.15) is 5.69 Å². The quantitative estimate of drug-likeness (QED) is 0.819. The fraction of sp³-hybridized carbons (Fsp3) is 0.667. The van der Waals surface area contributed by atoms with Gasteiger partial charge in [0.05, 0.1) is 5.51 Å². The lowest BCUT2D eigenvalue weighted by molar-refractivity contribution is 0.0773. The maximum Gasteiger partial charge on any atom is 0.273 e. The highest BCUT2D eigenvalue weighted by Crippen LogP contribution is 2.17. The molecule has 1 aliphatic rings. The molecular formula is C12H19N3OS. The zero-order valence-corrected chi connectivity index (χ0v) is 11.2. The first-order valence-corrected chi connectivity index (χ1v) is 7.12. The topological polar surface area (TPSA) is 36.4 Å². The zero-order chi connectivity index (χ0) is 12.3. The zero-order valence-electron chi connectivity index (χ0n) is 10.4. The summed E-state index contributed by atoms with van der Waals surface area (Å²) in [5.74, 6) is 0.0842. The molecule has 5 heteroatoms. The summed E-state index contributed by atoms with van der Waals surface area (Å²) in [6.45, 7) is 8.16. The molecular weight excluding hydrogens is 234 g/mol. The molecule has 1 fully saturated rings. The third-order valence-electron chi connectivity index (χ3n) is 3.43. The van der Waals surface area contributed by atoms with Gasteiger partial charge in [0.25, 0.3) is 5.91 Å². The Morgan fingerprint density at radius 1 is 1.59 bits per heavy atom. The first kappa shape index (κ1) is 12.5. The van der Waals surface area contributed by atoms with Gasteiger partial charge in [-0.15, -0.1) is 11.3 Å². The molecule has 1 aromatic rings. The largest absolute Gasteiger partial charge is 0.336 e. The molecule has 1 aliphatic heterocycles. The average molecular weight is 253 g/mol. The highest BCUT2D eigenvalue weighted by Gasteiger charge is 2.30. The van der Waals surface area contributed by atoms with Crippen LogP contribution in [0, 0.1) is 0 Å². The van der Waals surface area contributed by atoms with Gasteiger partial charge in [0.15, 0.2) is 0 Å². The van der Waals surface area contributed by atoms with Crippen molar-refractivity contribution in [2.24, 2.45) is 0 Å². The second kappa shape index (κ2) is 5.60. The van der Waals surface area contributed by atoms with E-state index in [1.54, 1.807) is 5.51 Å². The van der Waals surface area contributed by atoms with Gasteiger partial charge >= 0.3 is 0 Å². The number of aromatic nitrogens is 1. The summed E-state index contributed by atoms with van der Waals surface area (Å²) < 4.78 is 0. The molecule has 0 saturated carbocycles. The minimum absolute atomic E-state index is 0.0842. The van der Waals surface area contributed by atoms with Crippen LogP contribution in [-0.2, 0) is 0 Å². The Morgan fingerprint density at radius 3 is 2.94 bits per heavy atom. The summed E-state index contributed by atoms with van der Waals surface area (Å²) >= 11 is 1.47. The van der Waals surface area contributed by atoms with Gasteiger partial charge in [-0.1, -0.05) is 13.8 Å². The maximum absolute atomic E-state index is 12.1. The van der Waals surface area contributed by atoms with E-state index in [-0.39, 0.29) is 5.91 Å². The molecule has 1 atom stereocenters. The average Bonchev–Trinajstić information content (AvgIpc) is 3.01. The molecule has 1 saturated heterocycles. The Balaban J connectivity index is 1.96. The van der Waals surface area contributed by atoms with Gasteiger partial charge in [-0.05, 0) is 19.5 Å². The number of rotatable bonds is 4. The number of carbonyl (C=O) groups is 1. The van der Waals surface area contributed by atoms with E-state index in [4.69, 9.17) is 0 Å². The monoisotopic (exact) mass is 253 g/mol. The van der Waals surface area contributed by atoms with Crippen LogP contribution in [0.4, 0.5) is 0 Å². The van der Waals surface area contributed by atoms with Crippen molar-refractivity contribution in [3.05, 3.63) is 16.6 Å². The third-order valence-corrected chi connectivity index (χ3v) is 4.02. The lowest BCUT2D eigenvalue weighted by atomic mass is 10.2. The summed E-state index contributed by atoms with van der Waals surface area (Å²) in [5, 5.41) is 1.83. The SMILES string of the molecule is CCN(CC)C1CCN(C(=O)c2cscn2)C1. The number of hydrogen-bond acceptors (Lipinski definition) is 4. The number of likely N-dealkylation sites (N-methyl/N-ethyl adjacent to an activating group) is 1. The van der Waals surface area contributed by atoms with Crippen molar-refractivity contribution in [3.8, 4) is 0 Å². The Morgan fingerprint density at radius 2 is 2.35 bits per heavy atom. The van der Waals surface area contributed by atoms with E-state index in [1.165, 1.54) is 11.3 Å². The number of likely N-dealkylation sites (tertiary alicyclic amines) is 1. The summed E-state index contributed by atoms with van der Waals surface area (Å²) in [4.78, 5) is 20.5. The molecule has 1 aromatic heterocycles. The second-order valence-electron chi connectivity index (χ2n) is 4.29. The Hall–Kier alpha value is -0.940. The van der Waals surface area contributed by atoms with E-state index in [9.17, 15) is 4.79 Å². The molecule has 4 nitrogen and oxygen atoms in total. The van der Waals surface area contributed by atoms with Crippen LogP contribution >= 0.6 is 11.3 Å². The van der Waals surface area contributed by atoms with Gasteiger partial charge in [-0.3, -0.25) is 9.69 Å². The second-order valence-corrected chi connectivity index (χ2v) is 5.01. The van der Waals surface area contributed by atoms with Crippen LogP contribution in [0.15, 0.2) is 10.9 Å². The van der Waals surface area contributed by atoms with E-state index in [2.05, 4.69) is 23.7 Å². The van der Waals surface area contributed by atoms with Crippen molar-refractivity contribution in [2.75, 3.05) is 26.2 Å². The predicted molar refractivity (Wildman–Crippen MR) is 69.3 cm³/mol. The van der Waals surface area contributed by atoms with Crippen molar-refractivity contribution in [1.82, 2.24) is 14.8 Å². The summed E-state index contributed by atoms with van der Waals surface area (Å²) in [5.41, 5.74) is 2.31. The highest BCUT2D eigenvalue weighted by molar-refractivity contribution is 7.07. The molecule has 0 radical (unpaired) electrons. The van der Waals surface area contributed by atoms with E-state index in [0.717, 1.165) is 32.6 Å². The fourth-order valence-electron chi connectivity index (χ4n) is 2.44. The van der Waals surface area contributed by atoms with Crippen LogP contribution in [0.1, 0.15) is 30.8 Å². The lowest BCUT2D eigenvalue weighted by Gasteiger charge is -2.25. The minimum atomic E-state index is 0.0842. The first-order valence-electron chi connectivity index (χ1n) is 6.17. The molecule has 1 amide bonds. The molecule has 0 aliphatic carbocycles. The number of amides is 1. The molecule has 0 bridgehead atoms. The van der Waals surface area contributed by atoms with Crippen LogP contribution in [0.2, 0.25) is 0 Å². The summed E-state index contributed by atoms with van der Waals surface area (Å²) in [6.07, 6.45) is 1.08. The van der Waals surface area contributed by atoms with E-state index in [1.807, 2.05) is 10.3 Å². The molecule has 0 spiro atoms. The summed E-state index contributed by atoms with van der Waals surface area (Å²) in [7, 11) is 0. The Bertz CT molecular complexity index is 362. The molecule has 94 valence electrons. The lowest BCUT2D eigenvalue weighted by Crippen LogP contribution is -2.38. The smallest absolute Gasteiger partial charge is 0.273 e. The Labute approximate surface area is 106 Å². The van der Waals surface area contributed by atoms with Gasteiger partial charge in [0.2, 0.25) is 0 Å². The number of thiazole rings is 1. The van der Waals surface area contributed by atoms with Gasteiger partial charge < -0.3 is 4.90 Å². The molecule has 17 heavy (non-hydrogen) atoms. The molecule has 0 aromatic carbocycles. The Kier molecular flexibility index (Phi) is 4.12. The molecule has 1 unspecified atom stereocenters. The standard InChI is InChI=1S/C12H19N3OS/c1-3-14(4-2)10-5-6-15(7-10)12(16)11-8-17-9-13-11/h8-10H,3-7H2,1-2H3. The number of hydrogen-bond donors (Lipinski definition) is 0. The van der Waals surface area contributed by atoms with Crippen LogP contribution in [0.5, 0.6) is 0 Å². The highest BCUT2D eigenvalue weighted by atomic mass is 32.1. The van der Waals surface area contributed by atoms with Crippen molar-refractivity contribution in [1.29, 1.82) is 0 Å². The first-order chi connectivity index (χ1) is 8.26. The molecule has 0 N–H and O–H groups in total. The van der Waals surface area contributed by atoms with Gasteiger partial charge in [-0.25, -0.2) is 4.98 Å². The molecule has 2 heterocycles. The molecule has 2 rings (SSSR count). The van der Waals surface area contributed by atoms with Gasteiger partial charge in [0, 0.05) is 24.5 Å². The van der Waals surface area contributed by atoms with Crippen LogP contribution in [0.25, 0.3) is 0 Å². The number of nitrogens with zero attached hydrogens (tertiary/aromatic N) is 3. The fourth-order valence-corrected chi connectivity index (χ4v) is 2.97. The number of carbonyl (C=O) groups excluding carboxylic acids is 1. The summed E-state index contributed by atoms with van der Waals surface area (Å²) in [6, 6.07) is 0.521. The van der Waals surface area contributed by atoms with Gasteiger partial charge in [-0.2, -0.15) is 0 Å². The van der Waals surface area contributed by atoms with E-state index < -0.39 is 0 Å². The third kappa shape index (κ3) is 2.66. The van der Waals surface area contributed by atoms with Crippen LogP contribution in [-0.4, -0.2) is 52.9 Å². The van der Waals surface area contributed by atoms with E-state index >= 15 is 0 Å². The van der Waals surface area contributed by atoms with E-state index in [0.29, 0.717) is 11.7 Å².